The Morgan fingerprint density at radius 2 is 2.16 bits per heavy atom. The summed E-state index contributed by atoms with van der Waals surface area (Å²) in [7, 11) is 0. The van der Waals surface area contributed by atoms with Crippen molar-refractivity contribution in [2.45, 2.75) is 49.7 Å². The topological polar surface area (TPSA) is 66.2 Å². The van der Waals surface area contributed by atoms with Gasteiger partial charge in [-0.25, -0.2) is 0 Å². The van der Waals surface area contributed by atoms with Gasteiger partial charge in [0.1, 0.15) is 17.6 Å². The van der Waals surface area contributed by atoms with Crippen LogP contribution in [0.25, 0.3) is 0 Å². The van der Waals surface area contributed by atoms with Gasteiger partial charge in [0.2, 0.25) is 0 Å². The van der Waals surface area contributed by atoms with E-state index in [1.54, 1.807) is 13.0 Å². The summed E-state index contributed by atoms with van der Waals surface area (Å²) < 4.78 is 12.9. The molecule has 25 heavy (non-hydrogen) atoms. The Kier molecular flexibility index (Phi) is 5.86. The minimum Gasteiger partial charge on any atom is -0.484 e. The van der Waals surface area contributed by atoms with Crippen molar-refractivity contribution in [3.05, 3.63) is 35.1 Å². The predicted molar refractivity (Wildman–Crippen MR) is 96.0 cm³/mol. The molecule has 0 saturated heterocycles. The largest absolute Gasteiger partial charge is 0.484 e. The van der Waals surface area contributed by atoms with E-state index in [2.05, 4.69) is 14.8 Å². The summed E-state index contributed by atoms with van der Waals surface area (Å²) in [6.07, 6.45) is 2.16. The van der Waals surface area contributed by atoms with E-state index < -0.39 is 0 Å². The van der Waals surface area contributed by atoms with Gasteiger partial charge in [0.25, 0.3) is 0 Å². The lowest BCUT2D eigenvalue weighted by Crippen LogP contribution is -2.17. The van der Waals surface area contributed by atoms with E-state index in [-0.39, 0.29) is 17.8 Å². The maximum Gasteiger partial charge on any atom is 0.319 e. The van der Waals surface area contributed by atoms with Gasteiger partial charge in [-0.3, -0.25) is 9.36 Å². The van der Waals surface area contributed by atoms with Gasteiger partial charge in [-0.15, -0.1) is 10.2 Å². The van der Waals surface area contributed by atoms with Crippen LogP contribution in [0.4, 0.5) is 0 Å². The maximum atomic E-state index is 11.9. The molecule has 1 atom stereocenters. The molecule has 134 valence electrons. The highest BCUT2D eigenvalue weighted by Crippen LogP contribution is 2.39. The van der Waals surface area contributed by atoms with Gasteiger partial charge in [-0.05, 0) is 38.8 Å². The number of rotatable bonds is 8. The van der Waals surface area contributed by atoms with Crippen molar-refractivity contribution in [1.29, 1.82) is 0 Å². The van der Waals surface area contributed by atoms with Crippen LogP contribution in [0.1, 0.15) is 38.6 Å². The minimum atomic E-state index is -0.334. The van der Waals surface area contributed by atoms with Gasteiger partial charge in [0, 0.05) is 6.04 Å². The van der Waals surface area contributed by atoms with Crippen LogP contribution < -0.4 is 4.74 Å². The van der Waals surface area contributed by atoms with E-state index in [4.69, 9.17) is 21.1 Å². The van der Waals surface area contributed by atoms with Crippen molar-refractivity contribution in [2.75, 3.05) is 6.61 Å². The number of para-hydroxylation sites is 1. The first-order chi connectivity index (χ1) is 12.1. The summed E-state index contributed by atoms with van der Waals surface area (Å²) in [6, 6.07) is 7.70. The Hall–Kier alpha value is -1.73. The normalized spacial score (nSPS) is 15.0. The van der Waals surface area contributed by atoms with Crippen LogP contribution in [-0.4, -0.2) is 32.6 Å². The van der Waals surface area contributed by atoms with E-state index in [1.807, 2.05) is 25.1 Å². The number of nitrogens with zero attached hydrogens (tertiary/aromatic N) is 3. The lowest BCUT2D eigenvalue weighted by atomic mass is 10.3. The predicted octanol–water partition coefficient (Wildman–Crippen LogP) is 3.89. The van der Waals surface area contributed by atoms with Crippen molar-refractivity contribution in [2.24, 2.45) is 0 Å². The van der Waals surface area contributed by atoms with Gasteiger partial charge in [-0.2, -0.15) is 0 Å². The molecule has 6 nitrogen and oxygen atoms in total. The van der Waals surface area contributed by atoms with Crippen molar-refractivity contribution in [3.63, 3.8) is 0 Å². The summed E-state index contributed by atoms with van der Waals surface area (Å²) in [6.45, 7) is 4.26. The first-order valence-electron chi connectivity index (χ1n) is 8.24. The van der Waals surface area contributed by atoms with E-state index in [0.29, 0.717) is 23.4 Å². The number of carbonyl (C=O) groups is 1. The molecule has 0 bridgehead atoms. The lowest BCUT2D eigenvalue weighted by molar-refractivity contribution is -0.142. The fraction of sp³-hybridized carbons (Fsp3) is 0.471. The molecule has 1 aromatic heterocycles. The number of benzene rings is 1. The number of carbonyl (C=O) groups excluding carboxylic acids is 1. The second-order valence-electron chi connectivity index (χ2n) is 5.73. The van der Waals surface area contributed by atoms with E-state index in [1.165, 1.54) is 11.8 Å². The van der Waals surface area contributed by atoms with Crippen LogP contribution in [0, 0.1) is 0 Å². The molecule has 1 aliphatic carbocycles. The number of esters is 1. The first kappa shape index (κ1) is 18.1. The van der Waals surface area contributed by atoms with Gasteiger partial charge in [0.05, 0.1) is 11.6 Å². The molecule has 1 unspecified atom stereocenters. The molecule has 1 saturated carbocycles. The third-order valence-electron chi connectivity index (χ3n) is 3.74. The summed E-state index contributed by atoms with van der Waals surface area (Å²) in [5, 5.41) is 9.45. The number of ether oxygens (including phenoxy) is 2. The number of aromatic nitrogens is 3. The Balaban J connectivity index is 1.72. The Morgan fingerprint density at radius 3 is 2.84 bits per heavy atom. The quantitative estimate of drug-likeness (QED) is 0.510. The maximum absolute atomic E-state index is 11.9. The lowest BCUT2D eigenvalue weighted by Gasteiger charge is -2.13. The first-order valence-corrected chi connectivity index (χ1v) is 9.50. The van der Waals surface area contributed by atoms with Crippen LogP contribution in [0.15, 0.2) is 29.4 Å². The van der Waals surface area contributed by atoms with Crippen LogP contribution in [-0.2, 0) is 16.1 Å². The SMILES string of the molecule is CCOC(=O)C(C)Sc1nnc(COc2ccccc2Cl)n1C1CC1. The summed E-state index contributed by atoms with van der Waals surface area (Å²) >= 11 is 7.49. The molecule has 8 heteroatoms. The Bertz CT molecular complexity index is 748. The molecule has 3 rings (SSSR count). The zero-order valence-electron chi connectivity index (χ0n) is 14.1. The van der Waals surface area contributed by atoms with Gasteiger partial charge < -0.3 is 9.47 Å². The van der Waals surface area contributed by atoms with Crippen LogP contribution in [0.3, 0.4) is 0 Å². The standard InChI is InChI=1S/C17H20ClN3O3S/c1-3-23-16(22)11(2)25-17-20-19-15(21(17)12-8-9-12)10-24-14-7-5-4-6-13(14)18/h4-7,11-12H,3,8-10H2,1-2H3. The Labute approximate surface area is 155 Å². The van der Waals surface area contributed by atoms with E-state index in [0.717, 1.165) is 23.8 Å². The molecule has 0 radical (unpaired) electrons. The molecule has 0 spiro atoms. The monoisotopic (exact) mass is 381 g/mol. The van der Waals surface area contributed by atoms with Gasteiger partial charge >= 0.3 is 5.97 Å². The van der Waals surface area contributed by atoms with E-state index in [9.17, 15) is 4.79 Å². The Morgan fingerprint density at radius 1 is 1.40 bits per heavy atom. The van der Waals surface area contributed by atoms with Gasteiger partial charge in [0.15, 0.2) is 11.0 Å². The molecule has 2 aromatic rings. The third kappa shape index (κ3) is 4.46. The van der Waals surface area contributed by atoms with Crippen molar-refractivity contribution < 1.29 is 14.3 Å². The summed E-state index contributed by atoms with van der Waals surface area (Å²) in [4.78, 5) is 11.9. The number of hydrogen-bond acceptors (Lipinski definition) is 6. The number of hydrogen-bond donors (Lipinski definition) is 0. The van der Waals surface area contributed by atoms with Crippen molar-refractivity contribution in [3.8, 4) is 5.75 Å². The van der Waals surface area contributed by atoms with Crippen LogP contribution >= 0.6 is 23.4 Å². The number of halogens is 1. The second kappa shape index (κ2) is 8.10. The average Bonchev–Trinajstić information content (AvgIpc) is 3.36. The minimum absolute atomic E-state index is 0.244. The third-order valence-corrected chi connectivity index (χ3v) is 5.09. The van der Waals surface area contributed by atoms with Crippen molar-refractivity contribution >= 4 is 29.3 Å². The molecular weight excluding hydrogens is 362 g/mol. The summed E-state index contributed by atoms with van der Waals surface area (Å²) in [5.41, 5.74) is 0. The van der Waals surface area contributed by atoms with Crippen LogP contribution in [0.2, 0.25) is 5.02 Å². The highest BCUT2D eigenvalue weighted by molar-refractivity contribution is 8.00. The zero-order valence-corrected chi connectivity index (χ0v) is 15.7. The molecule has 1 aromatic carbocycles. The molecule has 1 aliphatic rings. The zero-order chi connectivity index (χ0) is 17.8. The van der Waals surface area contributed by atoms with E-state index >= 15 is 0 Å². The molecule has 0 aliphatic heterocycles. The molecule has 0 N–H and O–H groups in total. The highest BCUT2D eigenvalue weighted by Gasteiger charge is 2.31. The molecule has 0 amide bonds. The molecule has 1 fully saturated rings. The summed E-state index contributed by atoms with van der Waals surface area (Å²) in [5.74, 6) is 1.11. The molecule has 1 heterocycles. The van der Waals surface area contributed by atoms with Crippen molar-refractivity contribution in [1.82, 2.24) is 14.8 Å². The smallest absolute Gasteiger partial charge is 0.319 e. The number of thioether (sulfide) groups is 1. The fourth-order valence-corrected chi connectivity index (χ4v) is 3.48. The molecular formula is C17H20ClN3O3S. The second-order valence-corrected chi connectivity index (χ2v) is 7.45. The van der Waals surface area contributed by atoms with Gasteiger partial charge in [-0.1, -0.05) is 35.5 Å². The van der Waals surface area contributed by atoms with Crippen LogP contribution in [0.5, 0.6) is 5.75 Å². The average molecular weight is 382 g/mol. The fourth-order valence-electron chi connectivity index (χ4n) is 2.36. The highest BCUT2D eigenvalue weighted by atomic mass is 35.5.